The summed E-state index contributed by atoms with van der Waals surface area (Å²) in [5.41, 5.74) is 0.987. The molecule has 0 saturated carbocycles. The third-order valence-electron chi connectivity index (χ3n) is 5.30. The van der Waals surface area contributed by atoms with Crippen LogP contribution in [0.2, 0.25) is 0 Å². The van der Waals surface area contributed by atoms with Crippen molar-refractivity contribution in [2.75, 3.05) is 6.54 Å². The van der Waals surface area contributed by atoms with Crippen LogP contribution in [-0.4, -0.2) is 42.5 Å². The Morgan fingerprint density at radius 2 is 1.94 bits per heavy atom. The highest BCUT2D eigenvalue weighted by Gasteiger charge is 2.30. The van der Waals surface area contributed by atoms with Crippen LogP contribution in [0.15, 0.2) is 54.6 Å². The number of ether oxygens (including phenoxy) is 1. The molecule has 1 fully saturated rings. The summed E-state index contributed by atoms with van der Waals surface area (Å²) < 4.78 is 6.80. The summed E-state index contributed by atoms with van der Waals surface area (Å²) in [5, 5.41) is 13.3. The molecule has 31 heavy (non-hydrogen) atoms. The van der Waals surface area contributed by atoms with Gasteiger partial charge in [0.05, 0.1) is 16.3 Å². The van der Waals surface area contributed by atoms with Crippen LogP contribution in [0.1, 0.15) is 36.1 Å². The average Bonchev–Trinajstić information content (AvgIpc) is 3.45. The minimum Gasteiger partial charge on any atom is -0.485 e. The molecule has 4 aromatic rings. The average molecular weight is 435 g/mol. The zero-order valence-electron chi connectivity index (χ0n) is 16.9. The molecule has 1 aliphatic heterocycles. The van der Waals surface area contributed by atoms with Gasteiger partial charge < -0.3 is 9.64 Å². The molecule has 1 amide bonds. The lowest BCUT2D eigenvalue weighted by molar-refractivity contribution is -0.136. The number of thiazole rings is 1. The second kappa shape index (κ2) is 8.81. The van der Waals surface area contributed by atoms with Gasteiger partial charge in [-0.1, -0.05) is 30.3 Å². The van der Waals surface area contributed by atoms with Crippen LogP contribution in [0, 0.1) is 0 Å². The third kappa shape index (κ3) is 4.41. The summed E-state index contributed by atoms with van der Waals surface area (Å²) in [6.07, 6.45) is 3.01. The molecule has 9 heteroatoms. The molecule has 0 radical (unpaired) electrons. The van der Waals surface area contributed by atoms with Gasteiger partial charge in [0.2, 0.25) is 11.7 Å². The number of fused-ring (bicyclic) bond motifs is 1. The molecule has 0 spiro atoms. The van der Waals surface area contributed by atoms with Crippen LogP contribution in [0.5, 0.6) is 5.75 Å². The topological polar surface area (TPSA) is 86.0 Å². The van der Waals surface area contributed by atoms with E-state index >= 15 is 0 Å². The monoisotopic (exact) mass is 434 g/mol. The number of rotatable bonds is 6. The van der Waals surface area contributed by atoms with Gasteiger partial charge in [0, 0.05) is 6.54 Å². The second-order valence-corrected chi connectivity index (χ2v) is 8.52. The van der Waals surface area contributed by atoms with E-state index < -0.39 is 0 Å². The van der Waals surface area contributed by atoms with Gasteiger partial charge in [-0.05, 0) is 48.7 Å². The Morgan fingerprint density at radius 3 is 2.81 bits per heavy atom. The van der Waals surface area contributed by atoms with Crippen LogP contribution in [0.3, 0.4) is 0 Å². The number of carbonyl (C=O) groups excluding carboxylic acids is 1. The fourth-order valence-corrected chi connectivity index (χ4v) is 4.91. The van der Waals surface area contributed by atoms with Crippen molar-refractivity contribution in [2.45, 2.75) is 38.5 Å². The SMILES string of the molecule is O=C(Cn1nnc(COc2ccccc2)n1)N1CCCCC1c1nc2ccccc2s1. The first-order valence-corrected chi connectivity index (χ1v) is 11.2. The number of benzene rings is 2. The van der Waals surface area contributed by atoms with Crippen LogP contribution in [0.4, 0.5) is 0 Å². The van der Waals surface area contributed by atoms with Crippen molar-refractivity contribution in [2.24, 2.45) is 0 Å². The molecule has 1 saturated heterocycles. The van der Waals surface area contributed by atoms with Gasteiger partial charge in [-0.2, -0.15) is 4.80 Å². The van der Waals surface area contributed by atoms with E-state index in [0.717, 1.165) is 46.8 Å². The minimum atomic E-state index is -0.0168. The summed E-state index contributed by atoms with van der Waals surface area (Å²) in [6, 6.07) is 17.6. The van der Waals surface area contributed by atoms with Crippen molar-refractivity contribution in [1.82, 2.24) is 30.1 Å². The number of aromatic nitrogens is 5. The van der Waals surface area contributed by atoms with E-state index in [1.807, 2.05) is 53.4 Å². The van der Waals surface area contributed by atoms with E-state index in [0.29, 0.717) is 5.82 Å². The first kappa shape index (κ1) is 19.6. The van der Waals surface area contributed by atoms with Gasteiger partial charge in [0.15, 0.2) is 6.61 Å². The van der Waals surface area contributed by atoms with E-state index in [2.05, 4.69) is 21.5 Å². The van der Waals surface area contributed by atoms with Crippen LogP contribution in [0.25, 0.3) is 10.2 Å². The number of hydrogen-bond acceptors (Lipinski definition) is 7. The minimum absolute atomic E-state index is 0.00283. The molecule has 1 unspecified atom stereocenters. The Labute approximate surface area is 183 Å². The van der Waals surface area contributed by atoms with Crippen molar-refractivity contribution in [1.29, 1.82) is 0 Å². The molecular formula is C22H22N6O2S. The van der Waals surface area contributed by atoms with E-state index in [1.165, 1.54) is 4.80 Å². The Kier molecular flexibility index (Phi) is 5.57. The number of amides is 1. The maximum atomic E-state index is 13.1. The van der Waals surface area contributed by atoms with Gasteiger partial charge in [-0.3, -0.25) is 4.79 Å². The quantitative estimate of drug-likeness (QED) is 0.461. The van der Waals surface area contributed by atoms with Crippen molar-refractivity contribution in [3.05, 3.63) is 65.4 Å². The lowest BCUT2D eigenvalue weighted by atomic mass is 10.0. The van der Waals surface area contributed by atoms with E-state index in [-0.39, 0.29) is 25.1 Å². The number of piperidine rings is 1. The molecule has 2 aromatic carbocycles. The molecule has 1 aliphatic rings. The molecule has 158 valence electrons. The van der Waals surface area contributed by atoms with Crippen molar-refractivity contribution in [3.8, 4) is 5.75 Å². The number of tetrazole rings is 1. The number of likely N-dealkylation sites (tertiary alicyclic amines) is 1. The van der Waals surface area contributed by atoms with Gasteiger partial charge in [-0.25, -0.2) is 4.98 Å². The van der Waals surface area contributed by atoms with Crippen molar-refractivity contribution in [3.63, 3.8) is 0 Å². The highest BCUT2D eigenvalue weighted by Crippen LogP contribution is 2.35. The Bertz CT molecular complexity index is 1140. The van der Waals surface area contributed by atoms with Crippen LogP contribution in [-0.2, 0) is 17.9 Å². The Balaban J connectivity index is 1.26. The Morgan fingerprint density at radius 1 is 1.10 bits per heavy atom. The molecule has 8 nitrogen and oxygen atoms in total. The molecule has 0 N–H and O–H groups in total. The predicted molar refractivity (Wildman–Crippen MR) is 117 cm³/mol. The van der Waals surface area contributed by atoms with Gasteiger partial charge in [0.25, 0.3) is 0 Å². The lowest BCUT2D eigenvalue weighted by Gasteiger charge is -2.34. The van der Waals surface area contributed by atoms with Crippen LogP contribution >= 0.6 is 11.3 Å². The van der Waals surface area contributed by atoms with Crippen molar-refractivity contribution < 1.29 is 9.53 Å². The lowest BCUT2D eigenvalue weighted by Crippen LogP contribution is -2.40. The number of hydrogen-bond donors (Lipinski definition) is 0. The molecule has 3 heterocycles. The van der Waals surface area contributed by atoms with E-state index in [4.69, 9.17) is 9.72 Å². The summed E-state index contributed by atoms with van der Waals surface area (Å²) in [4.78, 5) is 21.2. The summed E-state index contributed by atoms with van der Waals surface area (Å²) in [7, 11) is 0. The molecule has 2 aromatic heterocycles. The smallest absolute Gasteiger partial charge is 0.246 e. The van der Waals surface area contributed by atoms with E-state index in [1.54, 1.807) is 11.3 Å². The van der Waals surface area contributed by atoms with Gasteiger partial charge >= 0.3 is 0 Å². The van der Waals surface area contributed by atoms with Gasteiger partial charge in [0.1, 0.15) is 17.3 Å². The number of nitrogens with zero attached hydrogens (tertiary/aromatic N) is 6. The predicted octanol–water partition coefficient (Wildman–Crippen LogP) is 3.62. The number of para-hydroxylation sites is 2. The first-order chi connectivity index (χ1) is 15.3. The maximum absolute atomic E-state index is 13.1. The summed E-state index contributed by atoms with van der Waals surface area (Å²) in [6.45, 7) is 0.980. The number of carbonyl (C=O) groups is 1. The molecule has 0 bridgehead atoms. The third-order valence-corrected chi connectivity index (χ3v) is 6.44. The molecule has 5 rings (SSSR count). The van der Waals surface area contributed by atoms with Crippen LogP contribution < -0.4 is 4.74 Å². The Hall–Kier alpha value is -3.33. The fraction of sp³-hybridized carbons (Fsp3) is 0.318. The fourth-order valence-electron chi connectivity index (χ4n) is 3.80. The highest BCUT2D eigenvalue weighted by molar-refractivity contribution is 7.18. The van der Waals surface area contributed by atoms with Crippen molar-refractivity contribution >= 4 is 27.5 Å². The summed E-state index contributed by atoms with van der Waals surface area (Å²) in [5.74, 6) is 1.16. The second-order valence-electron chi connectivity index (χ2n) is 7.46. The largest absolute Gasteiger partial charge is 0.485 e. The maximum Gasteiger partial charge on any atom is 0.246 e. The zero-order valence-corrected chi connectivity index (χ0v) is 17.7. The zero-order chi connectivity index (χ0) is 21.0. The normalized spacial score (nSPS) is 16.5. The molecule has 0 aliphatic carbocycles. The molecule has 1 atom stereocenters. The van der Waals surface area contributed by atoms with Gasteiger partial charge in [-0.15, -0.1) is 21.5 Å². The standard InChI is InChI=1S/C22H22N6O2S/c29-21(14-28-25-20(24-26-28)15-30-16-8-2-1-3-9-16)27-13-7-6-11-18(27)22-23-17-10-4-5-12-19(17)31-22/h1-5,8-10,12,18H,6-7,11,13-15H2. The summed E-state index contributed by atoms with van der Waals surface area (Å²) >= 11 is 1.67. The first-order valence-electron chi connectivity index (χ1n) is 10.4. The molecular weight excluding hydrogens is 412 g/mol. The highest BCUT2D eigenvalue weighted by atomic mass is 32.1. The van der Waals surface area contributed by atoms with E-state index in [9.17, 15) is 4.79 Å².